The van der Waals surface area contributed by atoms with Crippen molar-refractivity contribution in [1.82, 2.24) is 38.3 Å². The molecule has 2 aromatic heterocycles. The molecule has 0 spiro atoms. The first kappa shape index (κ1) is 43.0. The monoisotopic (exact) mass is 876 g/mol. The molecule has 4 aliphatic heterocycles. The fourth-order valence-corrected chi connectivity index (χ4v) is 7.63. The average Bonchev–Trinajstić information content (AvgIpc) is 3.66. The van der Waals surface area contributed by atoms with Gasteiger partial charge in [0, 0.05) is 64.2 Å². The van der Waals surface area contributed by atoms with E-state index >= 15 is 0 Å². The van der Waals surface area contributed by atoms with E-state index in [0.29, 0.717) is 81.7 Å². The van der Waals surface area contributed by atoms with E-state index in [9.17, 15) is 28.8 Å². The van der Waals surface area contributed by atoms with Crippen molar-refractivity contribution < 1.29 is 28.7 Å². The lowest BCUT2D eigenvalue weighted by Gasteiger charge is -2.32. The van der Waals surface area contributed by atoms with Crippen LogP contribution in [0.2, 0.25) is 0 Å². The Morgan fingerprint density at radius 2 is 1.07 bits per heavy atom. The SMILES string of the molecule is BrCc1ccccc1.CC(C)(C)OC(=O)N1CCn2c(c3n(c2=O)CCN(Cc2ccccc2)C3=O)C1.CC(C)(C)OC(=O)N1CCn2c(c3n(c2=O)CCNC3=O)C1. The van der Waals surface area contributed by atoms with Crippen molar-refractivity contribution in [2.45, 2.75) is 104 Å². The zero-order chi connectivity index (χ0) is 42.6. The fourth-order valence-electron chi connectivity index (χ4n) is 7.25. The Morgan fingerprint density at radius 1 is 0.610 bits per heavy atom. The standard InChI is InChI=1S/C21H26N4O4.C14H20N4O4.C7H7Br/c1-21(2,3)29-20(28)23-10-11-24-16(14-23)17-18(26)22(9-12-25(17)19(24)27)13-15-7-5-4-6-8-15;1-14(2,3)22-13(21)16-6-7-17-9(8-16)10-11(19)15-4-5-18(10)12(17)20;8-6-7-4-2-1-3-5-7/h4-8H,9-14H2,1-3H3;4-8H2,1-3H3,(H,15,19);1-5H,6H2. The molecule has 0 unspecified atom stereocenters. The number of halogens is 1. The lowest BCUT2D eigenvalue weighted by molar-refractivity contribution is 0.0187. The highest BCUT2D eigenvalue weighted by atomic mass is 79.9. The number of fused-ring (bicyclic) bond motifs is 6. The largest absolute Gasteiger partial charge is 0.444 e. The molecule has 8 rings (SSSR count). The van der Waals surface area contributed by atoms with Crippen molar-refractivity contribution in [3.05, 3.63) is 116 Å². The molecular formula is C42H53BrN8O8. The van der Waals surface area contributed by atoms with Crippen LogP contribution in [0, 0.1) is 0 Å². The number of rotatable bonds is 3. The lowest BCUT2D eigenvalue weighted by Crippen LogP contribution is -2.43. The lowest BCUT2D eigenvalue weighted by atomic mass is 10.1. The number of imidazole rings is 2. The molecule has 0 bridgehead atoms. The molecule has 0 atom stereocenters. The maximum atomic E-state index is 13.2. The van der Waals surface area contributed by atoms with Gasteiger partial charge < -0.3 is 29.5 Å². The number of nitrogens with zero attached hydrogens (tertiary/aromatic N) is 7. The molecule has 4 amide bonds. The molecule has 59 heavy (non-hydrogen) atoms. The van der Waals surface area contributed by atoms with E-state index in [4.69, 9.17) is 9.47 Å². The summed E-state index contributed by atoms with van der Waals surface area (Å²) in [6.07, 6.45) is -0.858. The van der Waals surface area contributed by atoms with Crippen LogP contribution in [0.3, 0.4) is 0 Å². The van der Waals surface area contributed by atoms with Crippen LogP contribution in [0.15, 0.2) is 70.3 Å². The molecule has 4 aromatic rings. The number of carbonyl (C=O) groups excluding carboxylic acids is 4. The summed E-state index contributed by atoms with van der Waals surface area (Å²) in [6.45, 7) is 15.1. The Kier molecular flexibility index (Phi) is 12.9. The third-order valence-electron chi connectivity index (χ3n) is 9.97. The van der Waals surface area contributed by atoms with E-state index in [-0.39, 0.29) is 36.3 Å². The van der Waals surface area contributed by atoms with Crippen LogP contribution in [0.4, 0.5) is 9.59 Å². The van der Waals surface area contributed by atoms with Crippen LogP contribution < -0.4 is 16.7 Å². The molecule has 0 radical (unpaired) electrons. The van der Waals surface area contributed by atoms with Crippen LogP contribution in [-0.2, 0) is 60.6 Å². The van der Waals surface area contributed by atoms with Crippen molar-refractivity contribution >= 4 is 39.9 Å². The van der Waals surface area contributed by atoms with E-state index in [0.717, 1.165) is 10.9 Å². The summed E-state index contributed by atoms with van der Waals surface area (Å²) >= 11 is 3.36. The van der Waals surface area contributed by atoms with Gasteiger partial charge in [-0.05, 0) is 52.7 Å². The van der Waals surface area contributed by atoms with Gasteiger partial charge in [-0.15, -0.1) is 0 Å². The van der Waals surface area contributed by atoms with E-state index in [1.165, 1.54) is 15.0 Å². The number of carbonyl (C=O) groups is 4. The van der Waals surface area contributed by atoms with Gasteiger partial charge in [-0.2, -0.15) is 0 Å². The predicted molar refractivity (Wildman–Crippen MR) is 223 cm³/mol. The number of amides is 4. The summed E-state index contributed by atoms with van der Waals surface area (Å²) in [5.74, 6) is -0.430. The number of hydrogen-bond acceptors (Lipinski definition) is 8. The van der Waals surface area contributed by atoms with Crippen LogP contribution >= 0.6 is 15.9 Å². The van der Waals surface area contributed by atoms with Crippen molar-refractivity contribution in [1.29, 1.82) is 0 Å². The van der Waals surface area contributed by atoms with E-state index in [1.807, 2.05) is 69.3 Å². The minimum Gasteiger partial charge on any atom is -0.444 e. The number of benzene rings is 2. The minimum atomic E-state index is -0.600. The zero-order valence-electron chi connectivity index (χ0n) is 34.5. The predicted octanol–water partition coefficient (Wildman–Crippen LogP) is 4.78. The molecule has 316 valence electrons. The number of nitrogens with one attached hydrogen (secondary N) is 1. The van der Waals surface area contributed by atoms with Gasteiger partial charge in [-0.3, -0.25) is 27.9 Å². The summed E-state index contributed by atoms with van der Waals surface area (Å²) < 4.78 is 17.1. The molecule has 4 aliphatic rings. The number of ether oxygens (including phenoxy) is 2. The molecule has 1 N–H and O–H groups in total. The highest BCUT2D eigenvalue weighted by Crippen LogP contribution is 2.24. The summed E-state index contributed by atoms with van der Waals surface area (Å²) in [6, 6.07) is 20.1. The topological polar surface area (TPSA) is 162 Å². The molecule has 17 heteroatoms. The van der Waals surface area contributed by atoms with Crippen molar-refractivity contribution in [2.75, 3.05) is 26.2 Å². The van der Waals surface area contributed by atoms with Crippen molar-refractivity contribution in [3.8, 4) is 0 Å². The second kappa shape index (κ2) is 17.7. The first-order valence-corrected chi connectivity index (χ1v) is 20.9. The van der Waals surface area contributed by atoms with Gasteiger partial charge in [0.05, 0.1) is 24.5 Å². The Morgan fingerprint density at radius 3 is 1.54 bits per heavy atom. The molecule has 2 aromatic carbocycles. The summed E-state index contributed by atoms with van der Waals surface area (Å²) in [7, 11) is 0. The maximum Gasteiger partial charge on any atom is 0.410 e. The summed E-state index contributed by atoms with van der Waals surface area (Å²) in [5, 5.41) is 3.69. The molecule has 0 fully saturated rings. The van der Waals surface area contributed by atoms with Gasteiger partial charge in [0.1, 0.15) is 22.6 Å². The minimum absolute atomic E-state index is 0.169. The van der Waals surface area contributed by atoms with E-state index in [2.05, 4.69) is 33.4 Å². The number of aromatic nitrogens is 4. The Labute approximate surface area is 351 Å². The molecule has 0 saturated carbocycles. The number of alkyl halides is 1. The number of hydrogen-bond donors (Lipinski definition) is 1. The Hall–Kier alpha value is -5.58. The smallest absolute Gasteiger partial charge is 0.410 e. The highest BCUT2D eigenvalue weighted by molar-refractivity contribution is 9.08. The van der Waals surface area contributed by atoms with Crippen LogP contribution in [-0.4, -0.2) is 94.4 Å². The van der Waals surface area contributed by atoms with E-state index in [1.54, 1.807) is 44.3 Å². The van der Waals surface area contributed by atoms with E-state index < -0.39 is 23.4 Å². The molecule has 0 aliphatic carbocycles. The van der Waals surface area contributed by atoms with Crippen molar-refractivity contribution in [2.24, 2.45) is 0 Å². The highest BCUT2D eigenvalue weighted by Gasteiger charge is 2.37. The van der Waals surface area contributed by atoms with Gasteiger partial charge in [0.15, 0.2) is 0 Å². The van der Waals surface area contributed by atoms with Gasteiger partial charge >= 0.3 is 23.6 Å². The summed E-state index contributed by atoms with van der Waals surface area (Å²) in [4.78, 5) is 79.9. The van der Waals surface area contributed by atoms with Gasteiger partial charge in [0.2, 0.25) is 0 Å². The quantitative estimate of drug-likeness (QED) is 0.288. The fraction of sp³-hybridized carbons (Fsp3) is 0.476. The van der Waals surface area contributed by atoms with Crippen molar-refractivity contribution in [3.63, 3.8) is 0 Å². The molecule has 6 heterocycles. The first-order valence-electron chi connectivity index (χ1n) is 19.8. The molecular weight excluding hydrogens is 824 g/mol. The third-order valence-corrected chi connectivity index (χ3v) is 10.6. The Bertz CT molecular complexity index is 2300. The zero-order valence-corrected chi connectivity index (χ0v) is 36.1. The van der Waals surface area contributed by atoms with Crippen LogP contribution in [0.25, 0.3) is 0 Å². The average molecular weight is 878 g/mol. The normalized spacial score (nSPS) is 15.9. The van der Waals surface area contributed by atoms with Crippen LogP contribution in [0.5, 0.6) is 0 Å². The Balaban J connectivity index is 0.000000171. The second-order valence-electron chi connectivity index (χ2n) is 16.7. The molecule has 0 saturated heterocycles. The van der Waals surface area contributed by atoms with Crippen LogP contribution in [0.1, 0.15) is 85.0 Å². The molecule has 16 nitrogen and oxygen atoms in total. The van der Waals surface area contributed by atoms with Gasteiger partial charge in [-0.1, -0.05) is 76.6 Å². The second-order valence-corrected chi connectivity index (χ2v) is 17.2. The third kappa shape index (κ3) is 10.0. The first-order chi connectivity index (χ1) is 28.0. The maximum absolute atomic E-state index is 13.2. The van der Waals surface area contributed by atoms with Gasteiger partial charge in [-0.25, -0.2) is 19.2 Å². The summed E-state index contributed by atoms with van der Waals surface area (Å²) in [5.41, 5.74) is 2.77. The van der Waals surface area contributed by atoms with Gasteiger partial charge in [0.25, 0.3) is 11.8 Å².